The van der Waals surface area contributed by atoms with Crippen molar-refractivity contribution in [2.24, 2.45) is 0 Å². The average Bonchev–Trinajstić information content (AvgIpc) is 0.788. The number of nitrogens with two attached hydrogens (primary N) is 5. The number of hydrogen-bond donors (Lipinski definition) is 10. The molecule has 0 aliphatic carbocycles. The summed E-state index contributed by atoms with van der Waals surface area (Å²) in [6.45, 7) is 14.1. The summed E-state index contributed by atoms with van der Waals surface area (Å²) >= 11 is 0. The zero-order valence-electron chi connectivity index (χ0n) is 80.9. The predicted octanol–water partition coefficient (Wildman–Crippen LogP) is 15.2. The fourth-order valence-corrected chi connectivity index (χ4v) is 16.8. The molecule has 23 rings (SSSR count). The molecule has 5 fully saturated rings. The quantitative estimate of drug-likeness (QED) is 0.0336. The van der Waals surface area contributed by atoms with E-state index in [2.05, 4.69) is 131 Å². The number of para-hydroxylation sites is 2. The molecule has 7 aliphatic heterocycles. The number of morpholine rings is 5. The highest BCUT2D eigenvalue weighted by atomic mass is 19.4. The maximum absolute atomic E-state index is 13.4. The molecule has 46 heteroatoms. The van der Waals surface area contributed by atoms with Gasteiger partial charge in [0.25, 0.3) is 5.91 Å². The third kappa shape index (κ3) is 26.0. The second-order valence-electron chi connectivity index (χ2n) is 34.8. The monoisotopic (exact) mass is 2040 g/mol. The number of rotatable bonds is 19. The molecule has 4 aromatic carbocycles. The van der Waals surface area contributed by atoms with Crippen molar-refractivity contribution in [3.8, 4) is 62.0 Å². The first kappa shape index (κ1) is 101. The van der Waals surface area contributed by atoms with Crippen molar-refractivity contribution in [2.75, 3.05) is 229 Å². The van der Waals surface area contributed by atoms with Gasteiger partial charge in [-0.3, -0.25) is 14.8 Å². The summed E-state index contributed by atoms with van der Waals surface area (Å²) < 4.78 is 112. The Balaban J connectivity index is 0.000000118. The normalized spacial score (nSPS) is 15.1. The van der Waals surface area contributed by atoms with Crippen LogP contribution in [-0.4, -0.2) is 235 Å². The van der Waals surface area contributed by atoms with Crippen LogP contribution in [0.15, 0.2) is 244 Å². The zero-order chi connectivity index (χ0) is 103. The van der Waals surface area contributed by atoms with E-state index in [-0.39, 0.29) is 29.5 Å². The minimum Gasteiger partial charge on any atom is -0.482 e. The largest absolute Gasteiger partial charge is 0.482 e. The van der Waals surface area contributed by atoms with Gasteiger partial charge in [0.15, 0.2) is 6.61 Å². The number of aromatic nitrogens is 17. The van der Waals surface area contributed by atoms with Crippen molar-refractivity contribution >= 4 is 139 Å². The molecule has 15 N–H and O–H groups in total. The van der Waals surface area contributed by atoms with Gasteiger partial charge in [0.2, 0.25) is 29.7 Å². The van der Waals surface area contributed by atoms with Gasteiger partial charge in [-0.15, -0.1) is 0 Å². The Hall–Kier alpha value is -17.8. The molecule has 0 unspecified atom stereocenters. The first-order valence-electron chi connectivity index (χ1n) is 48.2. The molecule has 5 saturated heterocycles. The molecule has 1 amide bonds. The third-order valence-electron chi connectivity index (χ3n) is 24.5. The number of aryl methyl sites for hydroxylation is 1. The van der Waals surface area contributed by atoms with E-state index in [1.165, 1.54) is 41.7 Å². The van der Waals surface area contributed by atoms with Crippen LogP contribution in [0.25, 0.3) is 67.2 Å². The maximum atomic E-state index is 13.4. The molecule has 12 aromatic heterocycles. The average molecular weight is 2040 g/mol. The van der Waals surface area contributed by atoms with Crippen LogP contribution in [0.5, 0.6) is 5.75 Å². The van der Waals surface area contributed by atoms with Crippen LogP contribution >= 0.6 is 0 Å². The van der Waals surface area contributed by atoms with Gasteiger partial charge in [-0.2, -0.15) is 51.3 Å². The highest BCUT2D eigenvalue weighted by Crippen LogP contribution is 2.42. The standard InChI is InChI=1S/C23H20F3N7O.C22H24N6O.C21H21N7O3.C20H19F3N6O.C18H19N7O/c24-23(25,26)15-2-3-16-17(5-6-28-19(16)11-15)30-21-12-18(14-1-4-20(27)29-13-14)31-22(32-21)33-7-9-34-10-8-33;23-20-8-7-17(15-24-20)18-14-21(26-22(25-18)27-10-12-29-13-11-27)28-9-3-5-16-4-1-2-6-19(16)28;22-18-4-1-13(11-23-18)15-10-19(27-21(26-15)28-5-7-30-8-6-28)24-14-2-3-17-16(9-14)25-20(29)12-31-17;21-20(22,23)14-3-1-2-4-15(14)26-18-11-16(13-5-6-17(24)25-12-13)27-19(28-18)29-7-9-30-10-8-29;19-16-4-3-13(11-21-16)15-10-17(22-14-2-1-5-20-12-14)24-18(23-15)25-6-8-26-9-7-25/h1-6,11-13H,7-10H2,(H2,27,29)(H,28,30,31,32);1-2,4,6-8,14-15H,3,5,9-13H2,(H2,23,24);1-4,9-11H,5-8,12H2,(H2,22,23)(H,25,29)(H,24,26,27);1-6,11-12H,7-10H2,(H2,24,25)(H,26,27,28);1-5,10-12H,6-9H2,(H2,19,21)(H,22,23,24). The van der Waals surface area contributed by atoms with Gasteiger partial charge in [0.1, 0.15) is 63.9 Å². The summed E-state index contributed by atoms with van der Waals surface area (Å²) in [5, 5.41) is 16.0. The van der Waals surface area contributed by atoms with Crippen LogP contribution in [0.4, 0.5) is 148 Å². The molecule has 0 saturated carbocycles. The molecule has 0 radical (unpaired) electrons. The van der Waals surface area contributed by atoms with E-state index in [0.29, 0.717) is 215 Å². The van der Waals surface area contributed by atoms with E-state index in [1.54, 1.807) is 91.9 Å². The van der Waals surface area contributed by atoms with Gasteiger partial charge in [0.05, 0.1) is 140 Å². The molecule has 16 aromatic rings. The van der Waals surface area contributed by atoms with Gasteiger partial charge < -0.3 is 113 Å². The fraction of sp³-hybridized carbons (Fsp3) is 0.250. The minimum atomic E-state index is -4.49. The fourth-order valence-electron chi connectivity index (χ4n) is 16.8. The zero-order valence-corrected chi connectivity index (χ0v) is 80.9. The van der Waals surface area contributed by atoms with Gasteiger partial charge in [-0.1, -0.05) is 36.4 Å². The highest BCUT2D eigenvalue weighted by Gasteiger charge is 2.35. The van der Waals surface area contributed by atoms with Crippen LogP contribution in [0.1, 0.15) is 23.1 Å². The molecular formula is C104H103F6N33O7. The third-order valence-corrected chi connectivity index (χ3v) is 24.5. The number of ether oxygens (including phenoxy) is 6. The molecule has 40 nitrogen and oxygen atoms in total. The lowest BCUT2D eigenvalue weighted by molar-refractivity contribution is -0.138. The summed E-state index contributed by atoms with van der Waals surface area (Å²) in [6, 6.07) is 55.4. The van der Waals surface area contributed by atoms with Crippen molar-refractivity contribution < 1.29 is 59.6 Å². The van der Waals surface area contributed by atoms with Crippen molar-refractivity contribution in [1.82, 2.24) is 84.7 Å². The van der Waals surface area contributed by atoms with Crippen LogP contribution in [0, 0.1) is 0 Å². The number of alkyl halides is 6. The Morgan fingerprint density at radius 2 is 0.760 bits per heavy atom. The summed E-state index contributed by atoms with van der Waals surface area (Å²) in [5.41, 5.74) is 40.2. The van der Waals surface area contributed by atoms with Gasteiger partial charge >= 0.3 is 12.4 Å². The number of fused-ring (bicyclic) bond motifs is 3. The van der Waals surface area contributed by atoms with E-state index < -0.39 is 23.5 Å². The second kappa shape index (κ2) is 46.7. The topological polar surface area (TPSA) is 501 Å². The number of nitrogens with one attached hydrogen (secondary N) is 5. The number of halogens is 6. The number of amides is 1. The molecule has 150 heavy (non-hydrogen) atoms. The van der Waals surface area contributed by atoms with Gasteiger partial charge in [0, 0.05) is 190 Å². The number of pyridine rings is 7. The van der Waals surface area contributed by atoms with Crippen molar-refractivity contribution in [2.45, 2.75) is 25.2 Å². The lowest BCUT2D eigenvalue weighted by Crippen LogP contribution is -2.37. The van der Waals surface area contributed by atoms with E-state index >= 15 is 0 Å². The smallest absolute Gasteiger partial charge is 0.418 e. The van der Waals surface area contributed by atoms with E-state index in [4.69, 9.17) is 87.0 Å². The molecule has 7 aliphatic rings. The Bertz CT molecular complexity index is 7330. The van der Waals surface area contributed by atoms with Crippen LogP contribution in [-0.2, 0) is 47.3 Å². The Kier molecular flexibility index (Phi) is 31.4. The number of hydrogen-bond acceptors (Lipinski definition) is 39. The number of anilines is 21. The van der Waals surface area contributed by atoms with Crippen LogP contribution in [0.3, 0.4) is 0 Å². The van der Waals surface area contributed by atoms with E-state index in [0.717, 1.165) is 126 Å². The molecule has 0 atom stereocenters. The first-order chi connectivity index (χ1) is 73.0. The molecule has 768 valence electrons. The minimum absolute atomic E-state index is 0.0214. The molecule has 0 spiro atoms. The molecular weight excluding hydrogens is 1940 g/mol. The molecule has 19 heterocycles. The molecule has 0 bridgehead atoms. The Morgan fingerprint density at radius 3 is 1.19 bits per heavy atom. The van der Waals surface area contributed by atoms with Gasteiger partial charge in [-0.25, -0.2) is 49.8 Å². The first-order valence-corrected chi connectivity index (χ1v) is 48.2. The lowest BCUT2D eigenvalue weighted by atomic mass is 10.0. The maximum Gasteiger partial charge on any atom is 0.418 e. The number of nitrogen functional groups attached to an aromatic ring is 5. The number of carbonyl (C=O) groups is 1. The second-order valence-corrected chi connectivity index (χ2v) is 34.8. The number of benzene rings is 4. The summed E-state index contributed by atoms with van der Waals surface area (Å²) in [7, 11) is 0. The highest BCUT2D eigenvalue weighted by molar-refractivity contribution is 5.96. The summed E-state index contributed by atoms with van der Waals surface area (Å²) in [4.78, 5) is 100. The van der Waals surface area contributed by atoms with Crippen molar-refractivity contribution in [3.05, 3.63) is 260 Å². The number of carbonyl (C=O) groups excluding carboxylic acids is 1. The van der Waals surface area contributed by atoms with Crippen molar-refractivity contribution in [1.29, 1.82) is 0 Å². The van der Waals surface area contributed by atoms with Crippen LogP contribution < -0.4 is 89.4 Å². The van der Waals surface area contributed by atoms with Crippen molar-refractivity contribution in [3.63, 3.8) is 0 Å². The number of nitrogens with zero attached hydrogens (tertiary/aromatic N) is 23. The lowest BCUT2D eigenvalue weighted by Gasteiger charge is -2.32. The SMILES string of the molecule is Nc1ccc(-c2cc(N3CCCc4ccccc43)nc(N3CCOCC3)n2)cn1.Nc1ccc(-c2cc(Nc3ccc4c(c3)NC(=O)CO4)nc(N3CCOCC3)n2)cn1.Nc1ccc(-c2cc(Nc3ccccc3C(F)(F)F)nc(N3CCOCC3)n2)cn1.Nc1ccc(-c2cc(Nc3cccnc3)nc(N3CCOCC3)n2)cn1.Nc1ccc(-c2cc(Nc3ccnc4cc(C(F)(F)F)ccc34)nc(N3CCOCC3)n2)cn1. The van der Waals surface area contributed by atoms with Crippen LogP contribution in [0.2, 0.25) is 0 Å². The Labute approximate surface area is 855 Å². The summed E-state index contributed by atoms with van der Waals surface area (Å²) in [6.07, 6.45) is 6.58. The van der Waals surface area contributed by atoms with Gasteiger partial charge in [-0.05, 0) is 146 Å². The van der Waals surface area contributed by atoms with E-state index in [9.17, 15) is 31.1 Å². The summed E-state index contributed by atoms with van der Waals surface area (Å²) in [5.74, 6) is 8.51. The van der Waals surface area contributed by atoms with E-state index in [1.807, 2.05) is 82.6 Å². The Morgan fingerprint density at radius 1 is 0.347 bits per heavy atom. The predicted molar refractivity (Wildman–Crippen MR) is 561 cm³/mol.